The van der Waals surface area contributed by atoms with Gasteiger partial charge in [0, 0.05) is 56.8 Å². The zero-order valence-electron chi connectivity index (χ0n) is 12.7. The van der Waals surface area contributed by atoms with Gasteiger partial charge in [0.25, 0.3) is 0 Å². The van der Waals surface area contributed by atoms with E-state index >= 15 is 0 Å². The maximum Gasteiger partial charge on any atom is 0.404 e. The molecule has 23 heavy (non-hydrogen) atoms. The van der Waals surface area contributed by atoms with Crippen molar-refractivity contribution in [3.8, 4) is 0 Å². The van der Waals surface area contributed by atoms with Gasteiger partial charge in [-0.3, -0.25) is 9.59 Å². The molecule has 0 aromatic heterocycles. The van der Waals surface area contributed by atoms with Gasteiger partial charge in [0.05, 0.1) is 18.0 Å². The Morgan fingerprint density at radius 2 is 1.48 bits per heavy atom. The number of rotatable bonds is 7. The van der Waals surface area contributed by atoms with Crippen molar-refractivity contribution in [3.63, 3.8) is 0 Å². The molecule has 0 atom stereocenters. The highest BCUT2D eigenvalue weighted by molar-refractivity contribution is 6.25. The molecular formula is C15H19N3O5. The first-order valence-corrected chi connectivity index (χ1v) is 7.63. The second-order valence-electron chi connectivity index (χ2n) is 5.68. The lowest BCUT2D eigenvalue weighted by Gasteiger charge is -2.25. The summed E-state index contributed by atoms with van der Waals surface area (Å²) in [7, 11) is 0. The number of hydrogen-bond acceptors (Lipinski definition) is 7. The van der Waals surface area contributed by atoms with E-state index in [0.717, 1.165) is 26.2 Å². The van der Waals surface area contributed by atoms with E-state index in [2.05, 4.69) is 0 Å². The summed E-state index contributed by atoms with van der Waals surface area (Å²) in [5, 5.41) is 9.23. The molecular weight excluding hydrogens is 302 g/mol. The number of ether oxygens (including phenoxy) is 1. The molecule has 0 unspecified atom stereocenters. The minimum atomic E-state index is -0.906. The van der Waals surface area contributed by atoms with Crippen LogP contribution in [0, 0.1) is 0 Å². The van der Waals surface area contributed by atoms with E-state index < -0.39 is 6.09 Å². The first-order valence-electron chi connectivity index (χ1n) is 7.63. The molecule has 2 fully saturated rings. The molecule has 2 saturated heterocycles. The Morgan fingerprint density at radius 3 is 1.87 bits per heavy atom. The minimum absolute atomic E-state index is 0.0381. The van der Waals surface area contributed by atoms with Crippen LogP contribution >= 0.6 is 0 Å². The summed E-state index contributed by atoms with van der Waals surface area (Å²) in [5.74, 6) is -0.410. The lowest BCUT2D eigenvalue weighted by atomic mass is 9.87. The molecule has 0 spiro atoms. The topological polar surface area (TPSA) is 113 Å². The van der Waals surface area contributed by atoms with Gasteiger partial charge in [0.15, 0.2) is 0 Å². The van der Waals surface area contributed by atoms with Crippen molar-refractivity contribution >= 4 is 17.7 Å². The van der Waals surface area contributed by atoms with Crippen LogP contribution in [0.25, 0.3) is 0 Å². The van der Waals surface area contributed by atoms with Crippen LogP contribution in [0.4, 0.5) is 4.79 Å². The predicted molar refractivity (Wildman–Crippen MR) is 79.1 cm³/mol. The Bertz CT molecular complexity index is 629. The summed E-state index contributed by atoms with van der Waals surface area (Å²) in [4.78, 5) is 40.1. The molecule has 8 nitrogen and oxygen atoms in total. The number of carbonyl (C=O) groups excluding carboxylic acids is 3. The van der Waals surface area contributed by atoms with Crippen LogP contribution in [0.5, 0.6) is 0 Å². The Labute approximate surface area is 133 Å². The lowest BCUT2D eigenvalue weighted by molar-refractivity contribution is -0.118. The van der Waals surface area contributed by atoms with Crippen molar-refractivity contribution in [3.05, 3.63) is 22.5 Å². The zero-order chi connectivity index (χ0) is 16.6. The molecule has 0 bridgehead atoms. The summed E-state index contributed by atoms with van der Waals surface area (Å²) in [6, 6.07) is 0. The average molecular weight is 321 g/mol. The Morgan fingerprint density at radius 1 is 1.00 bits per heavy atom. The predicted octanol–water partition coefficient (Wildman–Crippen LogP) is -0.855. The maximum atomic E-state index is 12.9. The van der Waals surface area contributed by atoms with Crippen LogP contribution in [0.15, 0.2) is 22.5 Å². The average Bonchev–Trinajstić information content (AvgIpc) is 3.35. The van der Waals surface area contributed by atoms with E-state index in [-0.39, 0.29) is 37.6 Å². The van der Waals surface area contributed by atoms with E-state index in [1.807, 2.05) is 9.80 Å². The number of nitrogens with two attached hydrogens (primary N) is 1. The molecule has 0 aromatic carbocycles. The van der Waals surface area contributed by atoms with Crippen molar-refractivity contribution in [2.45, 2.75) is 12.8 Å². The molecule has 1 amide bonds. The van der Waals surface area contributed by atoms with Crippen LogP contribution in [0.3, 0.4) is 0 Å². The third-order valence-corrected chi connectivity index (χ3v) is 4.04. The lowest BCUT2D eigenvalue weighted by Crippen LogP contribution is -2.31. The van der Waals surface area contributed by atoms with Gasteiger partial charge in [-0.05, 0) is 0 Å². The van der Waals surface area contributed by atoms with Gasteiger partial charge in [0.1, 0.15) is 0 Å². The number of nitrogens with zero attached hydrogens (tertiary/aromatic N) is 2. The Kier molecular flexibility index (Phi) is 4.08. The van der Waals surface area contributed by atoms with Crippen LogP contribution in [0.2, 0.25) is 0 Å². The highest BCUT2D eigenvalue weighted by Gasteiger charge is 2.42. The standard InChI is InChI=1S/C15H19N3O5/c16-15(22)23-8-2-10-12(18-5-6-18)13(20)9(1-7-19)11(14(10)21)17-3-4-17/h19H,1-8H2,(H2,16,22). The van der Waals surface area contributed by atoms with Gasteiger partial charge in [-0.1, -0.05) is 0 Å². The second-order valence-corrected chi connectivity index (χ2v) is 5.68. The number of primary amides is 1. The maximum absolute atomic E-state index is 12.9. The molecule has 0 radical (unpaired) electrons. The van der Waals surface area contributed by atoms with E-state index in [9.17, 15) is 19.5 Å². The summed E-state index contributed by atoms with van der Waals surface area (Å²) >= 11 is 0. The molecule has 0 saturated carbocycles. The fraction of sp³-hybridized carbons (Fsp3) is 0.533. The molecule has 3 aliphatic rings. The summed E-state index contributed by atoms with van der Waals surface area (Å²) < 4.78 is 4.72. The first-order chi connectivity index (χ1) is 11.0. The fourth-order valence-electron chi connectivity index (χ4n) is 2.82. The minimum Gasteiger partial charge on any atom is -0.449 e. The molecule has 1 aliphatic carbocycles. The van der Waals surface area contributed by atoms with Crippen LogP contribution in [-0.4, -0.2) is 72.0 Å². The number of aliphatic hydroxyl groups excluding tert-OH is 1. The van der Waals surface area contributed by atoms with Crippen molar-refractivity contribution in [1.82, 2.24) is 9.80 Å². The Hall–Kier alpha value is -2.35. The number of amides is 1. The molecule has 2 heterocycles. The third-order valence-electron chi connectivity index (χ3n) is 4.04. The molecule has 2 aliphatic heterocycles. The van der Waals surface area contributed by atoms with E-state index in [0.29, 0.717) is 22.5 Å². The van der Waals surface area contributed by atoms with Gasteiger partial charge in [-0.2, -0.15) is 0 Å². The van der Waals surface area contributed by atoms with E-state index in [1.54, 1.807) is 0 Å². The van der Waals surface area contributed by atoms with Gasteiger partial charge in [-0.25, -0.2) is 4.79 Å². The van der Waals surface area contributed by atoms with Crippen molar-refractivity contribution in [2.24, 2.45) is 5.73 Å². The molecule has 0 aromatic rings. The number of hydrogen-bond donors (Lipinski definition) is 2. The van der Waals surface area contributed by atoms with Gasteiger partial charge < -0.3 is 25.4 Å². The third kappa shape index (κ3) is 3.07. The highest BCUT2D eigenvalue weighted by atomic mass is 16.5. The largest absolute Gasteiger partial charge is 0.449 e. The van der Waals surface area contributed by atoms with Gasteiger partial charge in [0.2, 0.25) is 11.6 Å². The second kappa shape index (κ2) is 6.04. The monoisotopic (exact) mass is 321 g/mol. The highest BCUT2D eigenvalue weighted by Crippen LogP contribution is 2.36. The summed E-state index contributed by atoms with van der Waals surface area (Å²) in [5.41, 5.74) is 6.48. The summed E-state index contributed by atoms with van der Waals surface area (Å²) in [6.07, 6.45) is -0.585. The van der Waals surface area contributed by atoms with Crippen molar-refractivity contribution < 1.29 is 24.2 Å². The van der Waals surface area contributed by atoms with Crippen LogP contribution in [-0.2, 0) is 14.3 Å². The first kappa shape index (κ1) is 15.5. The van der Waals surface area contributed by atoms with E-state index in [1.165, 1.54) is 0 Å². The van der Waals surface area contributed by atoms with Crippen molar-refractivity contribution in [2.75, 3.05) is 39.4 Å². The number of Topliss-reactive ketones (excluding diaryl/α,β-unsaturated/α-hetero) is 2. The van der Waals surface area contributed by atoms with Crippen LogP contribution < -0.4 is 5.73 Å². The zero-order valence-corrected chi connectivity index (χ0v) is 12.7. The van der Waals surface area contributed by atoms with Crippen LogP contribution in [0.1, 0.15) is 12.8 Å². The number of carbonyl (C=O) groups is 3. The summed E-state index contributed by atoms with van der Waals surface area (Å²) in [6.45, 7) is 2.68. The van der Waals surface area contributed by atoms with Gasteiger partial charge in [-0.15, -0.1) is 0 Å². The molecule has 8 heteroatoms. The Balaban J connectivity index is 1.92. The smallest absolute Gasteiger partial charge is 0.404 e. The van der Waals surface area contributed by atoms with Crippen molar-refractivity contribution in [1.29, 1.82) is 0 Å². The quantitative estimate of drug-likeness (QED) is 0.463. The fourth-order valence-corrected chi connectivity index (χ4v) is 2.82. The number of allylic oxidation sites excluding steroid dienone is 2. The molecule has 124 valence electrons. The van der Waals surface area contributed by atoms with Gasteiger partial charge >= 0.3 is 6.09 Å². The normalized spacial score (nSPS) is 20.4. The molecule has 3 rings (SSSR count). The number of aliphatic hydroxyl groups is 1. The van der Waals surface area contributed by atoms with E-state index in [4.69, 9.17) is 10.5 Å². The molecule has 3 N–H and O–H groups in total. The SMILES string of the molecule is NC(=O)OCCC1=C(N2CC2)C(=O)C(CCO)=C(N2CC2)C1=O. The number of ketones is 2.